The van der Waals surface area contributed by atoms with Crippen molar-refractivity contribution in [2.24, 2.45) is 0 Å². The fourth-order valence-electron chi connectivity index (χ4n) is 7.88. The van der Waals surface area contributed by atoms with E-state index >= 15 is 0 Å². The lowest BCUT2D eigenvalue weighted by Crippen LogP contribution is -2.45. The Balaban J connectivity index is 1.25. The van der Waals surface area contributed by atoms with Crippen molar-refractivity contribution < 1.29 is 47.5 Å². The molecule has 0 bridgehead atoms. The summed E-state index contributed by atoms with van der Waals surface area (Å²) in [6, 6.07) is 45.9. The SMILES string of the molecule is COc1ccc(CC(C)(C)NCC(OC(=O)C(=O)OC(CNC(C)(C)Cc2ccc(OC)c(OC)c2)c2ccccc2OCc2ccccc2)c2ccccc2OCc2ccccc2)cc1OC. The van der Waals surface area contributed by atoms with Crippen molar-refractivity contribution in [3.8, 4) is 34.5 Å². The molecule has 0 aliphatic heterocycles. The van der Waals surface area contributed by atoms with Gasteiger partial charge in [0.15, 0.2) is 23.0 Å². The molecule has 68 heavy (non-hydrogen) atoms. The van der Waals surface area contributed by atoms with Gasteiger partial charge in [-0.15, -0.1) is 0 Å². The lowest BCUT2D eigenvalue weighted by atomic mass is 9.94. The van der Waals surface area contributed by atoms with E-state index in [1.54, 1.807) is 28.4 Å². The molecular weight excluding hydrogens is 861 g/mol. The van der Waals surface area contributed by atoms with Crippen LogP contribution in [0.5, 0.6) is 34.5 Å². The number of hydrogen-bond donors (Lipinski definition) is 2. The van der Waals surface area contributed by atoms with E-state index in [1.165, 1.54) is 0 Å². The van der Waals surface area contributed by atoms with Crippen LogP contribution in [-0.2, 0) is 45.1 Å². The number of esters is 2. The van der Waals surface area contributed by atoms with Crippen molar-refractivity contribution in [3.05, 3.63) is 179 Å². The van der Waals surface area contributed by atoms with Gasteiger partial charge in [0.1, 0.15) is 36.9 Å². The van der Waals surface area contributed by atoms with Crippen molar-refractivity contribution in [1.29, 1.82) is 0 Å². The molecule has 0 aliphatic rings. The van der Waals surface area contributed by atoms with Gasteiger partial charge in [-0.1, -0.05) is 109 Å². The first-order valence-electron chi connectivity index (χ1n) is 22.6. The topological polar surface area (TPSA) is 132 Å². The van der Waals surface area contributed by atoms with Gasteiger partial charge in [-0.05, 0) is 99.2 Å². The van der Waals surface area contributed by atoms with Gasteiger partial charge in [0.05, 0.1) is 28.4 Å². The summed E-state index contributed by atoms with van der Waals surface area (Å²) >= 11 is 0. The average molecular weight is 925 g/mol. The summed E-state index contributed by atoms with van der Waals surface area (Å²) in [5, 5.41) is 7.18. The summed E-state index contributed by atoms with van der Waals surface area (Å²) in [4.78, 5) is 28.4. The Kier molecular flexibility index (Phi) is 17.9. The summed E-state index contributed by atoms with van der Waals surface area (Å²) < 4.78 is 47.1. The molecule has 2 unspecified atom stereocenters. The number of methoxy groups -OCH3 is 4. The molecule has 0 saturated carbocycles. The van der Waals surface area contributed by atoms with Crippen molar-refractivity contribution in [3.63, 3.8) is 0 Å². The quantitative estimate of drug-likeness (QED) is 0.0443. The van der Waals surface area contributed by atoms with Gasteiger partial charge in [-0.2, -0.15) is 0 Å². The number of ether oxygens (including phenoxy) is 8. The third-order valence-electron chi connectivity index (χ3n) is 11.4. The minimum atomic E-state index is -1.16. The van der Waals surface area contributed by atoms with Crippen molar-refractivity contribution >= 4 is 11.9 Å². The first-order chi connectivity index (χ1) is 32.8. The van der Waals surface area contributed by atoms with Crippen LogP contribution in [0.25, 0.3) is 0 Å². The molecule has 12 nitrogen and oxygen atoms in total. The zero-order valence-corrected chi connectivity index (χ0v) is 40.3. The number of carbonyl (C=O) groups excluding carboxylic acids is 2. The standard InChI is InChI=1S/C56H64N2O10/c1-55(2,33-41-27-29-47(61-5)49(31-41)63-7)57-35-51(43-23-15-17-25-45(43)65-37-39-19-11-9-12-20-39)67-53(59)54(60)68-52(44-24-16-18-26-46(44)66-38-40-21-13-10-14-22-40)36-58-56(3,4)34-42-28-30-48(62-6)50(32-42)64-8/h9-32,51-52,57-58H,33-38H2,1-8H3. The molecular formula is C56H64N2O10. The highest BCUT2D eigenvalue weighted by molar-refractivity contribution is 6.29. The number of rotatable bonds is 24. The van der Waals surface area contributed by atoms with E-state index in [4.69, 9.17) is 37.9 Å². The molecule has 6 rings (SSSR count). The first-order valence-corrected chi connectivity index (χ1v) is 22.6. The third kappa shape index (κ3) is 14.5. The minimum Gasteiger partial charge on any atom is -0.493 e. The molecule has 2 atom stereocenters. The van der Waals surface area contributed by atoms with Crippen LogP contribution in [0.2, 0.25) is 0 Å². The highest BCUT2D eigenvalue weighted by Gasteiger charge is 2.32. The van der Waals surface area contributed by atoms with Crippen molar-refractivity contribution in [1.82, 2.24) is 10.6 Å². The molecule has 0 amide bonds. The van der Waals surface area contributed by atoms with E-state index in [-0.39, 0.29) is 26.3 Å². The third-order valence-corrected chi connectivity index (χ3v) is 11.4. The number of nitrogens with one attached hydrogen (secondary N) is 2. The lowest BCUT2D eigenvalue weighted by Gasteiger charge is -2.31. The van der Waals surface area contributed by atoms with Gasteiger partial charge in [0.2, 0.25) is 0 Å². The largest absolute Gasteiger partial charge is 0.493 e. The zero-order valence-electron chi connectivity index (χ0n) is 40.3. The minimum absolute atomic E-state index is 0.135. The molecule has 6 aromatic rings. The Hall–Kier alpha value is -7.02. The van der Waals surface area contributed by atoms with Gasteiger partial charge < -0.3 is 48.5 Å². The van der Waals surface area contributed by atoms with E-state index < -0.39 is 35.2 Å². The molecule has 0 radical (unpaired) electrons. The number of benzene rings is 6. The van der Waals surface area contributed by atoms with E-state index in [0.717, 1.165) is 22.3 Å². The van der Waals surface area contributed by atoms with Crippen molar-refractivity contribution in [2.45, 2.75) is 77.0 Å². The molecule has 0 aliphatic carbocycles. The normalized spacial score (nSPS) is 12.3. The fourth-order valence-corrected chi connectivity index (χ4v) is 7.88. The second kappa shape index (κ2) is 24.1. The predicted octanol–water partition coefficient (Wildman–Crippen LogP) is 9.97. The number of para-hydroxylation sites is 2. The van der Waals surface area contributed by atoms with Crippen LogP contribution in [0.1, 0.15) is 73.3 Å². The van der Waals surface area contributed by atoms with E-state index in [2.05, 4.69) is 38.3 Å². The second-order valence-corrected chi connectivity index (χ2v) is 17.7. The Morgan fingerprint density at radius 1 is 0.426 bits per heavy atom. The maximum Gasteiger partial charge on any atom is 0.418 e. The molecule has 0 spiro atoms. The molecule has 12 heteroatoms. The molecule has 2 N–H and O–H groups in total. The van der Waals surface area contributed by atoms with Crippen LogP contribution in [-0.4, -0.2) is 64.5 Å². The Labute approximate surface area is 400 Å². The summed E-state index contributed by atoms with van der Waals surface area (Å²) in [6.07, 6.45) is -0.758. The summed E-state index contributed by atoms with van der Waals surface area (Å²) in [7, 11) is 6.41. The highest BCUT2D eigenvalue weighted by Crippen LogP contribution is 2.34. The highest BCUT2D eigenvalue weighted by atomic mass is 16.6. The molecule has 0 aromatic heterocycles. The maximum atomic E-state index is 14.2. The molecule has 0 saturated heterocycles. The monoisotopic (exact) mass is 924 g/mol. The predicted molar refractivity (Wildman–Crippen MR) is 263 cm³/mol. The van der Waals surface area contributed by atoms with Crippen LogP contribution in [0.4, 0.5) is 0 Å². The zero-order chi connectivity index (χ0) is 48.5. The maximum absolute atomic E-state index is 14.2. The second-order valence-electron chi connectivity index (χ2n) is 17.7. The van der Waals surface area contributed by atoms with Crippen LogP contribution in [0.3, 0.4) is 0 Å². The van der Waals surface area contributed by atoms with E-state index in [0.29, 0.717) is 58.5 Å². The van der Waals surface area contributed by atoms with E-state index in [9.17, 15) is 9.59 Å². The number of carbonyl (C=O) groups is 2. The molecule has 0 fully saturated rings. The van der Waals surface area contributed by atoms with Gasteiger partial charge in [-0.3, -0.25) is 0 Å². The molecule has 358 valence electrons. The Morgan fingerprint density at radius 2 is 0.779 bits per heavy atom. The average Bonchev–Trinajstić information content (AvgIpc) is 3.35. The van der Waals surface area contributed by atoms with Crippen molar-refractivity contribution in [2.75, 3.05) is 41.5 Å². The Bertz CT molecular complexity index is 2370. The Morgan fingerprint density at radius 3 is 1.15 bits per heavy atom. The summed E-state index contributed by atoms with van der Waals surface area (Å²) in [5.41, 5.74) is 4.05. The molecule has 0 heterocycles. The van der Waals surface area contributed by atoms with Crippen LogP contribution < -0.4 is 39.1 Å². The van der Waals surface area contributed by atoms with Gasteiger partial charge in [0.25, 0.3) is 0 Å². The lowest BCUT2D eigenvalue weighted by molar-refractivity contribution is -0.174. The van der Waals surface area contributed by atoms with Gasteiger partial charge in [0, 0.05) is 35.3 Å². The smallest absolute Gasteiger partial charge is 0.418 e. The fraction of sp³-hybridized carbons (Fsp3) is 0.321. The van der Waals surface area contributed by atoms with E-state index in [1.807, 2.05) is 146 Å². The molecule has 6 aromatic carbocycles. The van der Waals surface area contributed by atoms with Gasteiger partial charge in [-0.25, -0.2) is 9.59 Å². The first kappa shape index (κ1) is 50.4. The van der Waals surface area contributed by atoms with Crippen LogP contribution >= 0.6 is 0 Å². The van der Waals surface area contributed by atoms with Crippen LogP contribution in [0, 0.1) is 0 Å². The van der Waals surface area contributed by atoms with Gasteiger partial charge >= 0.3 is 11.9 Å². The summed E-state index contributed by atoms with van der Waals surface area (Å²) in [6.45, 7) is 9.04. The summed E-state index contributed by atoms with van der Waals surface area (Å²) in [5.74, 6) is 1.19. The number of hydrogen-bond acceptors (Lipinski definition) is 12. The van der Waals surface area contributed by atoms with Crippen LogP contribution in [0.15, 0.2) is 146 Å².